The number of nitrogens with one attached hydrogen (secondary N) is 2. The van der Waals surface area contributed by atoms with Gasteiger partial charge in [0.15, 0.2) is 0 Å². The number of aryl methyl sites for hydroxylation is 3. The fourth-order valence-electron chi connectivity index (χ4n) is 3.14. The minimum Gasteiger partial charge on any atom is -0.338 e. The molecule has 4 aromatic rings. The van der Waals surface area contributed by atoms with Crippen molar-refractivity contribution in [1.29, 1.82) is 0 Å². The van der Waals surface area contributed by atoms with Gasteiger partial charge in [0.05, 0.1) is 17.4 Å². The molecule has 0 saturated heterocycles. The van der Waals surface area contributed by atoms with E-state index in [2.05, 4.69) is 19.9 Å². The van der Waals surface area contributed by atoms with Gasteiger partial charge in [0.1, 0.15) is 21.2 Å². The molecule has 4 aromatic heterocycles. The highest BCUT2D eigenvalue weighted by molar-refractivity contribution is 7.18. The number of fused-ring (bicyclic) bond motifs is 2. The molecular formula is C19H19N5O3S2. The second-order valence-corrected chi connectivity index (χ2v) is 8.99. The third-order valence-electron chi connectivity index (χ3n) is 4.84. The first-order chi connectivity index (χ1) is 13.8. The normalized spacial score (nSPS) is 11.4. The smallest absolute Gasteiger partial charge is 0.268 e. The Bertz CT molecular complexity index is 1350. The molecular weight excluding hydrogens is 410 g/mol. The van der Waals surface area contributed by atoms with Crippen LogP contribution in [0.25, 0.3) is 20.4 Å². The Morgan fingerprint density at radius 3 is 2.69 bits per heavy atom. The van der Waals surface area contributed by atoms with E-state index in [1.54, 1.807) is 13.1 Å². The van der Waals surface area contributed by atoms with Crippen LogP contribution in [0.3, 0.4) is 0 Å². The minimum atomic E-state index is -0.197. The molecule has 2 N–H and O–H groups in total. The van der Waals surface area contributed by atoms with Crippen molar-refractivity contribution in [3.8, 4) is 0 Å². The Morgan fingerprint density at radius 2 is 1.90 bits per heavy atom. The van der Waals surface area contributed by atoms with Crippen LogP contribution in [0, 0.1) is 13.8 Å². The van der Waals surface area contributed by atoms with Gasteiger partial charge in [-0.05, 0) is 30.9 Å². The Labute approximate surface area is 173 Å². The highest BCUT2D eigenvalue weighted by atomic mass is 32.1. The summed E-state index contributed by atoms with van der Waals surface area (Å²) in [5.41, 5.74) is 1.22. The predicted molar refractivity (Wildman–Crippen MR) is 115 cm³/mol. The van der Waals surface area contributed by atoms with Crippen LogP contribution in [0.15, 0.2) is 21.0 Å². The average molecular weight is 430 g/mol. The van der Waals surface area contributed by atoms with Crippen LogP contribution in [-0.2, 0) is 17.8 Å². The summed E-state index contributed by atoms with van der Waals surface area (Å²) in [5.74, 6) is 0.810. The van der Waals surface area contributed by atoms with Gasteiger partial charge in [-0.3, -0.25) is 14.4 Å². The van der Waals surface area contributed by atoms with Crippen molar-refractivity contribution in [3.63, 3.8) is 0 Å². The SMILES string of the molecule is Cc1sc2nc(CCC(=O)N(C)Cc3nc4ccsc4c(=O)[nH]3)[nH]c(=O)c2c1C. The van der Waals surface area contributed by atoms with Crippen molar-refractivity contribution < 1.29 is 4.79 Å². The third-order valence-corrected chi connectivity index (χ3v) is 6.84. The summed E-state index contributed by atoms with van der Waals surface area (Å²) in [6.45, 7) is 4.08. The second-order valence-electron chi connectivity index (χ2n) is 6.87. The summed E-state index contributed by atoms with van der Waals surface area (Å²) >= 11 is 2.82. The van der Waals surface area contributed by atoms with Gasteiger partial charge in [-0.15, -0.1) is 22.7 Å². The van der Waals surface area contributed by atoms with Crippen molar-refractivity contribution in [2.75, 3.05) is 7.05 Å². The Kier molecular flexibility index (Phi) is 5.05. The fourth-order valence-corrected chi connectivity index (χ4v) is 4.92. The molecule has 10 heteroatoms. The maximum Gasteiger partial charge on any atom is 0.268 e. The summed E-state index contributed by atoms with van der Waals surface area (Å²) in [6, 6.07) is 1.78. The molecule has 0 saturated carbocycles. The van der Waals surface area contributed by atoms with E-state index >= 15 is 0 Å². The van der Waals surface area contributed by atoms with Gasteiger partial charge >= 0.3 is 0 Å². The number of carbonyl (C=O) groups is 1. The number of H-pyrrole nitrogens is 2. The maximum absolute atomic E-state index is 12.5. The van der Waals surface area contributed by atoms with Gasteiger partial charge in [0.25, 0.3) is 11.1 Å². The summed E-state index contributed by atoms with van der Waals surface area (Å²) in [4.78, 5) is 54.6. The first-order valence-corrected chi connectivity index (χ1v) is 10.7. The maximum atomic E-state index is 12.5. The number of amides is 1. The predicted octanol–water partition coefficient (Wildman–Crippen LogP) is 2.49. The number of thiophene rings is 2. The molecule has 0 aromatic carbocycles. The topological polar surface area (TPSA) is 112 Å². The van der Waals surface area contributed by atoms with E-state index < -0.39 is 0 Å². The second kappa shape index (κ2) is 7.53. The standard InChI is InChI=1S/C19H19N5O3S2/c1-9-10(2)29-19-15(9)17(26)21-12(23-19)4-5-14(25)24(3)8-13-20-11-6-7-28-16(11)18(27)22-13/h6-7H,4-5,8H2,1-3H3,(H,20,22,27)(H,21,23,26). The van der Waals surface area contributed by atoms with Crippen molar-refractivity contribution in [2.24, 2.45) is 0 Å². The van der Waals surface area contributed by atoms with Crippen LogP contribution >= 0.6 is 22.7 Å². The zero-order valence-corrected chi connectivity index (χ0v) is 17.8. The van der Waals surface area contributed by atoms with E-state index in [1.807, 2.05) is 19.2 Å². The lowest BCUT2D eigenvalue weighted by molar-refractivity contribution is -0.130. The minimum absolute atomic E-state index is 0.126. The lowest BCUT2D eigenvalue weighted by Gasteiger charge is -2.16. The molecule has 0 unspecified atom stereocenters. The van der Waals surface area contributed by atoms with Gasteiger partial charge in [-0.2, -0.15) is 0 Å². The Hall–Kier alpha value is -2.85. The number of hydrogen-bond donors (Lipinski definition) is 2. The van der Waals surface area contributed by atoms with Crippen molar-refractivity contribution in [3.05, 3.63) is 54.2 Å². The van der Waals surface area contributed by atoms with Crippen molar-refractivity contribution >= 4 is 49.0 Å². The third kappa shape index (κ3) is 3.73. The zero-order valence-electron chi connectivity index (χ0n) is 16.2. The van der Waals surface area contributed by atoms with Crippen molar-refractivity contribution in [1.82, 2.24) is 24.8 Å². The Morgan fingerprint density at radius 1 is 1.14 bits per heavy atom. The molecule has 0 atom stereocenters. The quantitative estimate of drug-likeness (QED) is 0.506. The van der Waals surface area contributed by atoms with Crippen LogP contribution < -0.4 is 11.1 Å². The Balaban J connectivity index is 1.45. The van der Waals surface area contributed by atoms with E-state index in [9.17, 15) is 14.4 Å². The lowest BCUT2D eigenvalue weighted by atomic mass is 10.2. The highest BCUT2D eigenvalue weighted by Crippen LogP contribution is 2.25. The number of aromatic nitrogens is 4. The molecule has 0 fully saturated rings. The van der Waals surface area contributed by atoms with Crippen LogP contribution in [-0.4, -0.2) is 37.8 Å². The van der Waals surface area contributed by atoms with E-state index in [0.29, 0.717) is 38.5 Å². The molecule has 0 aliphatic heterocycles. The summed E-state index contributed by atoms with van der Waals surface area (Å²) in [6.07, 6.45) is 0.525. The van der Waals surface area contributed by atoms with E-state index in [1.165, 1.54) is 27.6 Å². The molecule has 0 spiro atoms. The summed E-state index contributed by atoms with van der Waals surface area (Å²) < 4.78 is 0.576. The van der Waals surface area contributed by atoms with Gasteiger partial charge < -0.3 is 14.9 Å². The average Bonchev–Trinajstić information content (AvgIpc) is 3.24. The van der Waals surface area contributed by atoms with Crippen LogP contribution in [0.1, 0.15) is 28.5 Å². The van der Waals surface area contributed by atoms with E-state index in [-0.39, 0.29) is 30.0 Å². The summed E-state index contributed by atoms with van der Waals surface area (Å²) in [5, 5.41) is 2.44. The molecule has 0 aliphatic rings. The number of carbonyl (C=O) groups excluding carboxylic acids is 1. The largest absolute Gasteiger partial charge is 0.338 e. The molecule has 4 heterocycles. The van der Waals surface area contributed by atoms with Gasteiger partial charge in [0.2, 0.25) is 5.91 Å². The molecule has 150 valence electrons. The van der Waals surface area contributed by atoms with Crippen LogP contribution in [0.2, 0.25) is 0 Å². The molecule has 1 amide bonds. The van der Waals surface area contributed by atoms with Crippen molar-refractivity contribution in [2.45, 2.75) is 33.2 Å². The van der Waals surface area contributed by atoms with Gasteiger partial charge in [-0.1, -0.05) is 0 Å². The molecule has 0 radical (unpaired) electrons. The van der Waals surface area contributed by atoms with E-state index in [4.69, 9.17) is 0 Å². The first kappa shape index (κ1) is 19.5. The highest BCUT2D eigenvalue weighted by Gasteiger charge is 2.15. The molecule has 0 aliphatic carbocycles. The molecule has 29 heavy (non-hydrogen) atoms. The number of rotatable bonds is 5. The number of hydrogen-bond acceptors (Lipinski definition) is 7. The van der Waals surface area contributed by atoms with Gasteiger partial charge in [0, 0.05) is 24.8 Å². The molecule has 4 rings (SSSR count). The van der Waals surface area contributed by atoms with Crippen LogP contribution in [0.4, 0.5) is 0 Å². The summed E-state index contributed by atoms with van der Waals surface area (Å²) in [7, 11) is 1.66. The number of nitrogens with zero attached hydrogens (tertiary/aromatic N) is 3. The zero-order chi connectivity index (χ0) is 20.7. The fraction of sp³-hybridized carbons (Fsp3) is 0.316. The first-order valence-electron chi connectivity index (χ1n) is 9.02. The van der Waals surface area contributed by atoms with E-state index in [0.717, 1.165) is 10.4 Å². The number of aromatic amines is 2. The van der Waals surface area contributed by atoms with Crippen LogP contribution in [0.5, 0.6) is 0 Å². The van der Waals surface area contributed by atoms with Gasteiger partial charge in [-0.25, -0.2) is 9.97 Å². The molecule has 0 bridgehead atoms. The molecule has 8 nitrogen and oxygen atoms in total. The lowest BCUT2D eigenvalue weighted by Crippen LogP contribution is -2.28. The monoisotopic (exact) mass is 429 g/mol.